The Morgan fingerprint density at radius 1 is 1.24 bits per heavy atom. The molecule has 0 saturated heterocycles. The van der Waals surface area contributed by atoms with Crippen molar-refractivity contribution in [1.29, 1.82) is 0 Å². The Kier molecular flexibility index (Phi) is 4.18. The first kappa shape index (κ1) is 12.2. The van der Waals surface area contributed by atoms with Gasteiger partial charge in [0.25, 0.3) is 0 Å². The van der Waals surface area contributed by atoms with Gasteiger partial charge in [-0.15, -0.1) is 0 Å². The molecule has 0 aromatic heterocycles. The minimum Gasteiger partial charge on any atom is -0.387 e. The van der Waals surface area contributed by atoms with E-state index in [-0.39, 0.29) is 0 Å². The summed E-state index contributed by atoms with van der Waals surface area (Å²) in [5.74, 6) is 1.40. The topological polar surface area (TPSA) is 38.4 Å². The Labute approximate surface area is 104 Å². The second-order valence-corrected chi connectivity index (χ2v) is 5.00. The third-order valence-corrected chi connectivity index (χ3v) is 3.72. The van der Waals surface area contributed by atoms with Gasteiger partial charge in [0.2, 0.25) is 0 Å². The van der Waals surface area contributed by atoms with E-state index < -0.39 is 0 Å². The minimum atomic E-state index is 0.535. The van der Waals surface area contributed by atoms with E-state index in [0.717, 1.165) is 12.4 Å². The molecule has 0 spiro atoms. The molecule has 0 unspecified atom stereocenters. The SMILES string of the molecule is Cc1ccccc1CN=C(N)C1CCCCC1. The summed E-state index contributed by atoms with van der Waals surface area (Å²) in [7, 11) is 0. The predicted octanol–water partition coefficient (Wildman–Crippen LogP) is 3.43. The average molecular weight is 230 g/mol. The normalized spacial score (nSPS) is 18.3. The van der Waals surface area contributed by atoms with Gasteiger partial charge in [0, 0.05) is 5.92 Å². The fourth-order valence-electron chi connectivity index (χ4n) is 2.49. The average Bonchev–Trinajstić information content (AvgIpc) is 2.38. The predicted molar refractivity (Wildman–Crippen MR) is 73.1 cm³/mol. The number of nitrogens with two attached hydrogens (primary N) is 1. The zero-order chi connectivity index (χ0) is 12.1. The molecule has 2 heteroatoms. The summed E-state index contributed by atoms with van der Waals surface area (Å²) < 4.78 is 0. The number of rotatable bonds is 3. The monoisotopic (exact) mass is 230 g/mol. The fourth-order valence-corrected chi connectivity index (χ4v) is 2.49. The highest BCUT2D eigenvalue weighted by Gasteiger charge is 2.16. The van der Waals surface area contributed by atoms with Crippen molar-refractivity contribution >= 4 is 5.84 Å². The summed E-state index contributed by atoms with van der Waals surface area (Å²) in [5, 5.41) is 0. The lowest BCUT2D eigenvalue weighted by atomic mass is 9.88. The van der Waals surface area contributed by atoms with Crippen molar-refractivity contribution in [3.63, 3.8) is 0 Å². The van der Waals surface area contributed by atoms with E-state index in [1.165, 1.54) is 43.2 Å². The molecule has 2 N–H and O–H groups in total. The van der Waals surface area contributed by atoms with Crippen molar-refractivity contribution in [3.05, 3.63) is 35.4 Å². The van der Waals surface area contributed by atoms with Gasteiger partial charge >= 0.3 is 0 Å². The van der Waals surface area contributed by atoms with E-state index in [9.17, 15) is 0 Å². The van der Waals surface area contributed by atoms with E-state index in [1.54, 1.807) is 0 Å². The fraction of sp³-hybridized carbons (Fsp3) is 0.533. The van der Waals surface area contributed by atoms with E-state index in [1.807, 2.05) is 0 Å². The van der Waals surface area contributed by atoms with Gasteiger partial charge in [0.1, 0.15) is 0 Å². The Bertz CT molecular complexity index is 390. The molecular weight excluding hydrogens is 208 g/mol. The molecule has 0 radical (unpaired) electrons. The first-order chi connectivity index (χ1) is 8.27. The van der Waals surface area contributed by atoms with Crippen LogP contribution in [-0.4, -0.2) is 5.84 Å². The summed E-state index contributed by atoms with van der Waals surface area (Å²) in [6.07, 6.45) is 6.43. The van der Waals surface area contributed by atoms with Gasteiger partial charge in [-0.1, -0.05) is 43.5 Å². The van der Waals surface area contributed by atoms with Gasteiger partial charge in [0.05, 0.1) is 12.4 Å². The van der Waals surface area contributed by atoms with Crippen molar-refractivity contribution in [3.8, 4) is 0 Å². The van der Waals surface area contributed by atoms with Crippen LogP contribution in [0.5, 0.6) is 0 Å². The second kappa shape index (κ2) is 5.85. The number of aryl methyl sites for hydroxylation is 1. The van der Waals surface area contributed by atoms with Crippen LogP contribution >= 0.6 is 0 Å². The summed E-state index contributed by atoms with van der Waals surface area (Å²) in [5.41, 5.74) is 8.68. The minimum absolute atomic E-state index is 0.535. The molecule has 2 nitrogen and oxygen atoms in total. The molecule has 0 atom stereocenters. The molecule has 2 rings (SSSR count). The maximum Gasteiger partial charge on any atom is 0.0972 e. The molecule has 92 valence electrons. The van der Waals surface area contributed by atoms with Crippen LogP contribution in [0.15, 0.2) is 29.3 Å². The molecule has 1 aliphatic carbocycles. The van der Waals surface area contributed by atoms with Crippen molar-refractivity contribution in [2.24, 2.45) is 16.6 Å². The van der Waals surface area contributed by atoms with Crippen LogP contribution in [0.1, 0.15) is 43.2 Å². The van der Waals surface area contributed by atoms with E-state index in [0.29, 0.717) is 5.92 Å². The summed E-state index contributed by atoms with van der Waals surface area (Å²) in [6.45, 7) is 2.86. The van der Waals surface area contributed by atoms with Gasteiger partial charge < -0.3 is 5.73 Å². The van der Waals surface area contributed by atoms with Crippen LogP contribution in [0.3, 0.4) is 0 Å². The van der Waals surface area contributed by atoms with Crippen molar-refractivity contribution < 1.29 is 0 Å². The van der Waals surface area contributed by atoms with Crippen LogP contribution < -0.4 is 5.73 Å². The molecule has 0 heterocycles. The molecule has 1 aromatic rings. The van der Waals surface area contributed by atoms with Crippen molar-refractivity contribution in [2.75, 3.05) is 0 Å². The Hall–Kier alpha value is -1.31. The van der Waals surface area contributed by atoms with Crippen molar-refractivity contribution in [1.82, 2.24) is 0 Å². The largest absolute Gasteiger partial charge is 0.387 e. The lowest BCUT2D eigenvalue weighted by Gasteiger charge is -2.20. The number of aliphatic imine (C=N–C) groups is 1. The first-order valence-corrected chi connectivity index (χ1v) is 6.61. The van der Waals surface area contributed by atoms with Gasteiger partial charge in [-0.3, -0.25) is 4.99 Å². The van der Waals surface area contributed by atoms with Crippen LogP contribution in [-0.2, 0) is 6.54 Å². The molecule has 0 aliphatic heterocycles. The first-order valence-electron chi connectivity index (χ1n) is 6.61. The summed E-state index contributed by atoms with van der Waals surface area (Å²) >= 11 is 0. The van der Waals surface area contributed by atoms with Crippen LogP contribution in [0.4, 0.5) is 0 Å². The number of nitrogens with zero attached hydrogens (tertiary/aromatic N) is 1. The van der Waals surface area contributed by atoms with Gasteiger partial charge in [-0.2, -0.15) is 0 Å². The van der Waals surface area contributed by atoms with E-state index in [4.69, 9.17) is 5.73 Å². The van der Waals surface area contributed by atoms with Gasteiger partial charge in [-0.05, 0) is 30.9 Å². The smallest absolute Gasteiger partial charge is 0.0972 e. The molecule has 0 bridgehead atoms. The number of hydrogen-bond donors (Lipinski definition) is 1. The Morgan fingerprint density at radius 2 is 1.94 bits per heavy atom. The summed E-state index contributed by atoms with van der Waals surface area (Å²) in [6, 6.07) is 8.39. The molecular formula is C15H22N2. The highest BCUT2D eigenvalue weighted by atomic mass is 14.9. The number of amidine groups is 1. The number of benzene rings is 1. The lowest BCUT2D eigenvalue weighted by Crippen LogP contribution is -2.25. The molecule has 1 aliphatic rings. The molecule has 1 saturated carbocycles. The number of hydrogen-bond acceptors (Lipinski definition) is 1. The highest BCUT2D eigenvalue weighted by Crippen LogP contribution is 2.23. The van der Waals surface area contributed by atoms with Crippen LogP contribution in [0, 0.1) is 12.8 Å². The molecule has 0 amide bonds. The Balaban J connectivity index is 1.97. The maximum absolute atomic E-state index is 6.10. The quantitative estimate of drug-likeness (QED) is 0.627. The van der Waals surface area contributed by atoms with Crippen LogP contribution in [0.25, 0.3) is 0 Å². The Morgan fingerprint density at radius 3 is 2.65 bits per heavy atom. The zero-order valence-corrected chi connectivity index (χ0v) is 10.7. The second-order valence-electron chi connectivity index (χ2n) is 5.00. The molecule has 1 aromatic carbocycles. The maximum atomic E-state index is 6.10. The third-order valence-electron chi connectivity index (χ3n) is 3.72. The van der Waals surface area contributed by atoms with Gasteiger partial charge in [-0.25, -0.2) is 0 Å². The third kappa shape index (κ3) is 3.32. The standard InChI is InChI=1S/C15H22N2/c1-12-7-5-6-10-14(12)11-17-15(16)13-8-3-2-4-9-13/h5-7,10,13H,2-4,8-9,11H2,1H3,(H2,16,17). The highest BCUT2D eigenvalue weighted by molar-refractivity contribution is 5.82. The van der Waals surface area contributed by atoms with E-state index in [2.05, 4.69) is 36.2 Å². The zero-order valence-electron chi connectivity index (χ0n) is 10.7. The lowest BCUT2D eigenvalue weighted by molar-refractivity contribution is 0.436. The van der Waals surface area contributed by atoms with Crippen molar-refractivity contribution in [2.45, 2.75) is 45.6 Å². The summed E-state index contributed by atoms with van der Waals surface area (Å²) in [4.78, 5) is 4.57. The molecule has 1 fully saturated rings. The molecule has 17 heavy (non-hydrogen) atoms. The van der Waals surface area contributed by atoms with Gasteiger partial charge in [0.15, 0.2) is 0 Å². The van der Waals surface area contributed by atoms with E-state index >= 15 is 0 Å². The van der Waals surface area contributed by atoms with Crippen LogP contribution in [0.2, 0.25) is 0 Å².